The number of nitrogens with zero attached hydrogens (tertiary/aromatic N) is 1. The van der Waals surface area contributed by atoms with E-state index in [9.17, 15) is 0 Å². The van der Waals surface area contributed by atoms with Crippen molar-refractivity contribution in [2.45, 2.75) is 47.1 Å². The number of hydrogen-bond donors (Lipinski definition) is 0. The van der Waals surface area contributed by atoms with Crippen molar-refractivity contribution < 1.29 is 23.8 Å². The Morgan fingerprint density at radius 3 is 2.27 bits per heavy atom. The summed E-state index contributed by atoms with van der Waals surface area (Å²) >= 11 is 0. The highest BCUT2D eigenvalue weighted by molar-refractivity contribution is 5.82. The van der Waals surface area contributed by atoms with Gasteiger partial charge in [0, 0.05) is 6.61 Å². The molecule has 0 amide bonds. The Balaban J connectivity index is 1.63. The molecule has 0 N–H and O–H groups in total. The summed E-state index contributed by atoms with van der Waals surface area (Å²) in [4.78, 5) is 4.72. The lowest BCUT2D eigenvalue weighted by molar-refractivity contribution is 0.113. The number of allylic oxidation sites excluding steroid dienone is 1. The molecule has 0 spiro atoms. The van der Waals surface area contributed by atoms with Gasteiger partial charge < -0.3 is 23.8 Å². The third-order valence-corrected chi connectivity index (χ3v) is 4.83. The molecule has 0 saturated heterocycles. The highest BCUT2D eigenvalue weighted by atomic mass is 16.6. The number of unbranched alkanes of at least 4 members (excludes halogenated alkanes) is 1. The number of ether oxygens (including phenoxy) is 4. The quantitative estimate of drug-likeness (QED) is 0.142. The molecule has 2 aromatic rings. The van der Waals surface area contributed by atoms with Crippen molar-refractivity contribution in [3.63, 3.8) is 0 Å². The smallest absolute Gasteiger partial charge is 0.129 e. The van der Waals surface area contributed by atoms with Crippen molar-refractivity contribution in [2.24, 2.45) is 5.16 Å². The lowest BCUT2D eigenvalue weighted by Gasteiger charge is -2.14. The van der Waals surface area contributed by atoms with Gasteiger partial charge in [-0.15, -0.1) is 0 Å². The minimum atomic E-state index is 0.402. The van der Waals surface area contributed by atoms with Crippen LogP contribution in [0.15, 0.2) is 53.7 Å². The molecule has 180 valence electrons. The first-order valence-corrected chi connectivity index (χ1v) is 11.4. The molecule has 6 heteroatoms. The van der Waals surface area contributed by atoms with E-state index < -0.39 is 0 Å². The maximum atomic E-state index is 6.03. The fourth-order valence-electron chi connectivity index (χ4n) is 3.18. The third-order valence-electron chi connectivity index (χ3n) is 4.83. The van der Waals surface area contributed by atoms with E-state index in [1.807, 2.05) is 62.4 Å². The maximum absolute atomic E-state index is 6.03. The van der Waals surface area contributed by atoms with Gasteiger partial charge >= 0.3 is 0 Å². The van der Waals surface area contributed by atoms with E-state index >= 15 is 0 Å². The molecule has 0 unspecified atom stereocenters. The Kier molecular flexibility index (Phi) is 11.9. The Labute approximate surface area is 198 Å². The highest BCUT2D eigenvalue weighted by Gasteiger charge is 2.07. The zero-order valence-electron chi connectivity index (χ0n) is 20.6. The van der Waals surface area contributed by atoms with Gasteiger partial charge in [0.15, 0.2) is 0 Å². The third kappa shape index (κ3) is 10.00. The molecule has 6 nitrogen and oxygen atoms in total. The number of hydrogen-bond acceptors (Lipinski definition) is 6. The van der Waals surface area contributed by atoms with Crippen LogP contribution in [-0.2, 0) is 16.2 Å². The van der Waals surface area contributed by atoms with Crippen LogP contribution in [0.4, 0.5) is 0 Å². The molecule has 0 aliphatic rings. The molecule has 0 heterocycles. The van der Waals surface area contributed by atoms with E-state index in [1.54, 1.807) is 0 Å². The van der Waals surface area contributed by atoms with Crippen molar-refractivity contribution >= 4 is 5.71 Å². The lowest BCUT2D eigenvalue weighted by Crippen LogP contribution is -2.07. The van der Waals surface area contributed by atoms with Crippen molar-refractivity contribution in [1.82, 2.24) is 0 Å². The van der Waals surface area contributed by atoms with Gasteiger partial charge in [-0.05, 0) is 81.5 Å². The van der Waals surface area contributed by atoms with Crippen LogP contribution in [0.25, 0.3) is 0 Å². The Hall–Kier alpha value is -2.99. The fourth-order valence-corrected chi connectivity index (χ4v) is 3.18. The molecule has 0 aliphatic carbocycles. The first kappa shape index (κ1) is 26.3. The summed E-state index contributed by atoms with van der Waals surface area (Å²) in [5.41, 5.74) is 4.08. The average Bonchev–Trinajstić information content (AvgIpc) is 2.79. The van der Waals surface area contributed by atoms with Crippen LogP contribution >= 0.6 is 0 Å². The van der Waals surface area contributed by atoms with E-state index in [0.29, 0.717) is 33.0 Å². The van der Waals surface area contributed by atoms with E-state index in [1.165, 1.54) is 7.11 Å². The van der Waals surface area contributed by atoms with Crippen molar-refractivity contribution in [2.75, 3.05) is 33.5 Å². The Morgan fingerprint density at radius 1 is 0.909 bits per heavy atom. The molecule has 0 fully saturated rings. The topological polar surface area (TPSA) is 58.5 Å². The Bertz CT molecular complexity index is 867. The number of rotatable bonds is 15. The van der Waals surface area contributed by atoms with E-state index in [4.69, 9.17) is 23.8 Å². The first-order valence-electron chi connectivity index (χ1n) is 11.4. The molecular formula is C27H37NO5. The van der Waals surface area contributed by atoms with Gasteiger partial charge in [-0.1, -0.05) is 29.4 Å². The molecule has 2 aromatic carbocycles. The molecule has 0 aromatic heterocycles. The summed E-state index contributed by atoms with van der Waals surface area (Å²) in [6, 6.07) is 12.0. The molecule has 0 bridgehead atoms. The summed E-state index contributed by atoms with van der Waals surface area (Å²) < 4.78 is 23.2. The number of benzene rings is 2. The van der Waals surface area contributed by atoms with Gasteiger partial charge in [-0.25, -0.2) is 0 Å². The fraction of sp³-hybridized carbons (Fsp3) is 0.444. The van der Waals surface area contributed by atoms with Gasteiger partial charge in [0.05, 0.1) is 18.9 Å². The monoisotopic (exact) mass is 455 g/mol. The molecule has 0 saturated carbocycles. The first-order chi connectivity index (χ1) is 16.0. The van der Waals surface area contributed by atoms with Gasteiger partial charge in [-0.3, -0.25) is 0 Å². The van der Waals surface area contributed by atoms with Crippen LogP contribution in [0, 0.1) is 13.8 Å². The zero-order valence-corrected chi connectivity index (χ0v) is 20.6. The second kappa shape index (κ2) is 15.0. The molecular weight excluding hydrogens is 418 g/mol. The van der Waals surface area contributed by atoms with Crippen LogP contribution in [0.1, 0.15) is 43.4 Å². The standard InChI is InChI=1S/C27H37NO5/c1-6-7-15-31-26-17-21(2)27(22(3)18-26)32-16-9-8-14-30-20-24-10-12-25(13-11-24)33-19-23(4)28-29-5/h6-7,10-13,17-18H,8-9,14-16,19-20H2,1-5H3/b7-6+,28-23?. The van der Waals surface area contributed by atoms with Crippen molar-refractivity contribution in [3.8, 4) is 17.2 Å². The minimum absolute atomic E-state index is 0.402. The summed E-state index contributed by atoms with van der Waals surface area (Å²) in [7, 11) is 1.52. The maximum Gasteiger partial charge on any atom is 0.129 e. The summed E-state index contributed by atoms with van der Waals surface area (Å²) in [5.74, 6) is 2.61. The van der Waals surface area contributed by atoms with Crippen LogP contribution in [0.3, 0.4) is 0 Å². The largest absolute Gasteiger partial charge is 0.493 e. The second-order valence-corrected chi connectivity index (χ2v) is 7.82. The van der Waals surface area contributed by atoms with E-state index in [-0.39, 0.29) is 0 Å². The van der Waals surface area contributed by atoms with Crippen molar-refractivity contribution in [1.29, 1.82) is 0 Å². The van der Waals surface area contributed by atoms with Crippen LogP contribution < -0.4 is 14.2 Å². The van der Waals surface area contributed by atoms with Gasteiger partial charge in [0.2, 0.25) is 0 Å². The molecule has 33 heavy (non-hydrogen) atoms. The van der Waals surface area contributed by atoms with Crippen LogP contribution in [0.5, 0.6) is 17.2 Å². The number of oxime groups is 1. The lowest BCUT2D eigenvalue weighted by atomic mass is 10.1. The summed E-state index contributed by atoms with van der Waals surface area (Å²) in [6.07, 6.45) is 5.85. The molecule has 0 aliphatic heterocycles. The molecule has 0 radical (unpaired) electrons. The predicted octanol–water partition coefficient (Wildman–Crippen LogP) is 6.04. The summed E-state index contributed by atoms with van der Waals surface area (Å²) in [5, 5.41) is 3.83. The van der Waals surface area contributed by atoms with E-state index in [2.05, 4.69) is 19.0 Å². The van der Waals surface area contributed by atoms with Crippen molar-refractivity contribution in [3.05, 3.63) is 65.2 Å². The normalized spacial score (nSPS) is 11.6. The average molecular weight is 456 g/mol. The zero-order chi connectivity index (χ0) is 23.9. The Morgan fingerprint density at radius 2 is 1.61 bits per heavy atom. The predicted molar refractivity (Wildman–Crippen MR) is 133 cm³/mol. The van der Waals surface area contributed by atoms with Gasteiger partial charge in [0.25, 0.3) is 0 Å². The summed E-state index contributed by atoms with van der Waals surface area (Å²) in [6.45, 7) is 10.9. The van der Waals surface area contributed by atoms with Gasteiger partial charge in [-0.2, -0.15) is 0 Å². The minimum Gasteiger partial charge on any atom is -0.493 e. The molecule has 0 atom stereocenters. The van der Waals surface area contributed by atoms with E-state index in [0.717, 1.165) is 52.5 Å². The number of aryl methyl sites for hydroxylation is 2. The molecule has 2 rings (SSSR count). The second-order valence-electron chi connectivity index (χ2n) is 7.82. The van der Waals surface area contributed by atoms with Crippen LogP contribution in [-0.4, -0.2) is 39.2 Å². The SMILES string of the molecule is C/C=C/COc1cc(C)c(OCCCCOCc2ccc(OCC(C)=NOC)cc2)c(C)c1. The van der Waals surface area contributed by atoms with Gasteiger partial charge in [0.1, 0.15) is 37.6 Å². The highest BCUT2D eigenvalue weighted by Crippen LogP contribution is 2.28. The van der Waals surface area contributed by atoms with Crippen LogP contribution in [0.2, 0.25) is 0 Å².